The Labute approximate surface area is 108 Å². The van der Waals surface area contributed by atoms with Crippen LogP contribution in [0.4, 0.5) is 0 Å². The van der Waals surface area contributed by atoms with Crippen molar-refractivity contribution in [1.29, 1.82) is 0 Å². The Morgan fingerprint density at radius 3 is 2.71 bits per heavy atom. The van der Waals surface area contributed by atoms with Gasteiger partial charge in [0.1, 0.15) is 0 Å². The van der Waals surface area contributed by atoms with Crippen LogP contribution in [0.15, 0.2) is 16.8 Å². The van der Waals surface area contributed by atoms with Gasteiger partial charge in [0.2, 0.25) is 0 Å². The third-order valence-corrected chi connectivity index (χ3v) is 4.77. The van der Waals surface area contributed by atoms with Crippen molar-refractivity contribution in [3.8, 4) is 0 Å². The molecule has 0 aromatic carbocycles. The fourth-order valence-electron chi connectivity index (χ4n) is 2.58. The van der Waals surface area contributed by atoms with Crippen LogP contribution in [0.3, 0.4) is 0 Å². The minimum absolute atomic E-state index is 0.252. The van der Waals surface area contributed by atoms with Crippen molar-refractivity contribution in [2.45, 2.75) is 45.1 Å². The third kappa shape index (κ3) is 2.61. The highest BCUT2D eigenvalue weighted by atomic mass is 32.1. The van der Waals surface area contributed by atoms with E-state index < -0.39 is 0 Å². The number of nitrogens with zero attached hydrogens (tertiary/aromatic N) is 1. The van der Waals surface area contributed by atoms with E-state index in [1.165, 1.54) is 18.4 Å². The lowest BCUT2D eigenvalue weighted by molar-refractivity contribution is -0.129. The molecule has 1 saturated heterocycles. The van der Waals surface area contributed by atoms with E-state index in [0.29, 0.717) is 12.2 Å². The van der Waals surface area contributed by atoms with Gasteiger partial charge in [0.05, 0.1) is 5.54 Å². The third-order valence-electron chi connectivity index (χ3n) is 4.04. The molecular formula is C14H21NOS. The summed E-state index contributed by atoms with van der Waals surface area (Å²) in [7, 11) is 0. The van der Waals surface area contributed by atoms with Crippen molar-refractivity contribution in [1.82, 2.24) is 4.90 Å². The minimum atomic E-state index is -0.252. The molecule has 0 spiro atoms. The maximum atomic E-state index is 12.5. The van der Waals surface area contributed by atoms with Crippen molar-refractivity contribution in [2.24, 2.45) is 0 Å². The Kier molecular flexibility index (Phi) is 4.00. The first-order valence-corrected chi connectivity index (χ1v) is 7.40. The highest BCUT2D eigenvalue weighted by molar-refractivity contribution is 7.08. The van der Waals surface area contributed by atoms with Crippen molar-refractivity contribution in [2.75, 3.05) is 13.1 Å². The average Bonchev–Trinajstić information content (AvgIpc) is 3.00. The van der Waals surface area contributed by atoms with Crippen molar-refractivity contribution < 1.29 is 4.79 Å². The lowest BCUT2D eigenvalue weighted by Crippen LogP contribution is -2.51. The Morgan fingerprint density at radius 2 is 2.18 bits per heavy atom. The first-order chi connectivity index (χ1) is 8.16. The molecule has 2 nitrogen and oxygen atoms in total. The number of thiophene rings is 1. The molecule has 2 rings (SSSR count). The van der Waals surface area contributed by atoms with Gasteiger partial charge in [-0.1, -0.05) is 6.92 Å². The molecule has 0 radical (unpaired) electrons. The van der Waals surface area contributed by atoms with Gasteiger partial charge >= 0.3 is 0 Å². The Morgan fingerprint density at radius 1 is 1.47 bits per heavy atom. The van der Waals surface area contributed by atoms with Gasteiger partial charge in [-0.25, -0.2) is 0 Å². The molecule has 0 amide bonds. The largest absolute Gasteiger partial charge is 0.297 e. The number of hydrogen-bond donors (Lipinski definition) is 0. The zero-order valence-electron chi connectivity index (χ0n) is 10.7. The van der Waals surface area contributed by atoms with Crippen LogP contribution in [0, 0.1) is 0 Å². The molecule has 1 aromatic rings. The molecule has 3 heteroatoms. The van der Waals surface area contributed by atoms with Crippen LogP contribution in [0.1, 0.15) is 38.7 Å². The predicted octanol–water partition coefficient (Wildman–Crippen LogP) is 3.12. The Hall–Kier alpha value is -0.670. The Balaban J connectivity index is 2.08. The maximum Gasteiger partial charge on any atom is 0.157 e. The van der Waals surface area contributed by atoms with Gasteiger partial charge in [-0.3, -0.25) is 9.69 Å². The molecule has 1 unspecified atom stereocenters. The summed E-state index contributed by atoms with van der Waals surface area (Å²) in [6.07, 6.45) is 3.98. The SMILES string of the molecule is CCC(C)(C(=O)Cc1ccsc1)N1CCCC1. The van der Waals surface area contributed by atoms with Crippen LogP contribution in [0.25, 0.3) is 0 Å². The number of Topliss-reactive ketones (excluding diaryl/α,β-unsaturated/α-hetero) is 1. The Bertz CT molecular complexity index is 368. The second-order valence-electron chi connectivity index (χ2n) is 5.05. The van der Waals surface area contributed by atoms with Gasteiger partial charge in [0.25, 0.3) is 0 Å². The molecule has 0 saturated carbocycles. The van der Waals surface area contributed by atoms with Gasteiger partial charge in [-0.05, 0) is 61.7 Å². The van der Waals surface area contributed by atoms with Crippen molar-refractivity contribution >= 4 is 17.1 Å². The molecule has 94 valence electrons. The number of rotatable bonds is 5. The molecule has 1 fully saturated rings. The number of carbonyl (C=O) groups excluding carboxylic acids is 1. The predicted molar refractivity (Wildman–Crippen MR) is 72.5 cm³/mol. The van der Waals surface area contributed by atoms with Gasteiger partial charge in [-0.15, -0.1) is 0 Å². The van der Waals surface area contributed by atoms with Gasteiger partial charge < -0.3 is 0 Å². The van der Waals surface area contributed by atoms with E-state index in [0.717, 1.165) is 19.5 Å². The molecule has 1 aliphatic rings. The minimum Gasteiger partial charge on any atom is -0.297 e. The van der Waals surface area contributed by atoms with Crippen molar-refractivity contribution in [3.05, 3.63) is 22.4 Å². The van der Waals surface area contributed by atoms with E-state index in [4.69, 9.17) is 0 Å². The molecule has 0 N–H and O–H groups in total. The summed E-state index contributed by atoms with van der Waals surface area (Å²) in [5.74, 6) is 0.375. The molecule has 0 aliphatic carbocycles. The van der Waals surface area contributed by atoms with Crippen LogP contribution in [-0.2, 0) is 11.2 Å². The smallest absolute Gasteiger partial charge is 0.157 e. The highest BCUT2D eigenvalue weighted by Gasteiger charge is 2.38. The van der Waals surface area contributed by atoms with Gasteiger partial charge in [-0.2, -0.15) is 11.3 Å². The number of hydrogen-bond acceptors (Lipinski definition) is 3. The van der Waals surface area contributed by atoms with E-state index in [1.807, 2.05) is 5.38 Å². The molecule has 0 bridgehead atoms. The maximum absolute atomic E-state index is 12.5. The normalized spacial score (nSPS) is 20.4. The number of carbonyl (C=O) groups is 1. The zero-order chi connectivity index (χ0) is 12.3. The molecule has 17 heavy (non-hydrogen) atoms. The van der Waals surface area contributed by atoms with E-state index in [9.17, 15) is 4.79 Å². The van der Waals surface area contributed by atoms with Gasteiger partial charge in [0.15, 0.2) is 5.78 Å². The van der Waals surface area contributed by atoms with E-state index in [-0.39, 0.29) is 5.54 Å². The first kappa shape index (κ1) is 12.8. The summed E-state index contributed by atoms with van der Waals surface area (Å²) in [5.41, 5.74) is 0.914. The lowest BCUT2D eigenvalue weighted by Gasteiger charge is -2.36. The van der Waals surface area contributed by atoms with E-state index >= 15 is 0 Å². The first-order valence-electron chi connectivity index (χ1n) is 6.46. The zero-order valence-corrected chi connectivity index (χ0v) is 11.6. The van der Waals surface area contributed by atoms with Crippen LogP contribution < -0.4 is 0 Å². The standard InChI is InChI=1S/C14H21NOS/c1-3-14(2,15-7-4-5-8-15)13(16)10-12-6-9-17-11-12/h6,9,11H,3-5,7-8,10H2,1-2H3. The highest BCUT2D eigenvalue weighted by Crippen LogP contribution is 2.27. The van der Waals surface area contributed by atoms with E-state index in [1.54, 1.807) is 11.3 Å². The second-order valence-corrected chi connectivity index (χ2v) is 5.83. The number of likely N-dealkylation sites (tertiary alicyclic amines) is 1. The molecule has 2 heterocycles. The summed E-state index contributed by atoms with van der Waals surface area (Å²) in [6, 6.07) is 2.06. The van der Waals surface area contributed by atoms with E-state index in [2.05, 4.69) is 30.2 Å². The topological polar surface area (TPSA) is 20.3 Å². The monoisotopic (exact) mass is 251 g/mol. The fourth-order valence-corrected chi connectivity index (χ4v) is 3.25. The van der Waals surface area contributed by atoms with Crippen LogP contribution >= 0.6 is 11.3 Å². The number of ketones is 1. The summed E-state index contributed by atoms with van der Waals surface area (Å²) in [6.45, 7) is 6.41. The quantitative estimate of drug-likeness (QED) is 0.801. The van der Waals surface area contributed by atoms with Crippen LogP contribution in [0.2, 0.25) is 0 Å². The van der Waals surface area contributed by atoms with Gasteiger partial charge in [0, 0.05) is 6.42 Å². The average molecular weight is 251 g/mol. The second kappa shape index (κ2) is 5.32. The molecular weight excluding hydrogens is 230 g/mol. The molecule has 1 aliphatic heterocycles. The van der Waals surface area contributed by atoms with Crippen molar-refractivity contribution in [3.63, 3.8) is 0 Å². The fraction of sp³-hybridized carbons (Fsp3) is 0.643. The summed E-state index contributed by atoms with van der Waals surface area (Å²) < 4.78 is 0. The lowest BCUT2D eigenvalue weighted by atomic mass is 9.88. The van der Waals surface area contributed by atoms with Crippen LogP contribution in [-0.4, -0.2) is 29.3 Å². The summed E-state index contributed by atoms with van der Waals surface area (Å²) in [5, 5.41) is 4.12. The summed E-state index contributed by atoms with van der Waals surface area (Å²) in [4.78, 5) is 14.9. The van der Waals surface area contributed by atoms with Crippen LogP contribution in [0.5, 0.6) is 0 Å². The molecule has 1 aromatic heterocycles. The molecule has 1 atom stereocenters. The summed E-state index contributed by atoms with van der Waals surface area (Å²) >= 11 is 1.67.